The van der Waals surface area contributed by atoms with Crippen molar-refractivity contribution in [2.24, 2.45) is 0 Å². The van der Waals surface area contributed by atoms with Crippen LogP contribution in [0.3, 0.4) is 0 Å². The molecule has 1 unspecified atom stereocenters. The van der Waals surface area contributed by atoms with E-state index in [-0.39, 0.29) is 11.7 Å². The van der Waals surface area contributed by atoms with Gasteiger partial charge in [0.2, 0.25) is 0 Å². The van der Waals surface area contributed by atoms with E-state index in [0.29, 0.717) is 22.6 Å². The maximum Gasteiger partial charge on any atom is 0.265 e. The van der Waals surface area contributed by atoms with Crippen LogP contribution < -0.4 is 5.56 Å². The molecule has 0 aliphatic carbocycles. The lowest BCUT2D eigenvalue weighted by atomic mass is 10.2. The Balaban J connectivity index is 2.18. The van der Waals surface area contributed by atoms with Crippen LogP contribution in [0.4, 0.5) is 0 Å². The number of nitrogens with zero attached hydrogens (tertiary/aromatic N) is 2. The van der Waals surface area contributed by atoms with Crippen molar-refractivity contribution in [1.82, 2.24) is 14.9 Å². The van der Waals surface area contributed by atoms with Gasteiger partial charge in [-0.2, -0.15) is 0 Å². The third kappa shape index (κ3) is 2.99. The molecular weight excluding hydrogens is 298 g/mol. The second-order valence-corrected chi connectivity index (χ2v) is 5.30. The van der Waals surface area contributed by atoms with Crippen LogP contribution in [0.15, 0.2) is 9.27 Å². The minimum Gasteiger partial charge on any atom is -0.368 e. The number of aromatic amines is 1. The molecule has 0 saturated carbocycles. The third-order valence-corrected chi connectivity index (χ3v) is 3.98. The smallest absolute Gasteiger partial charge is 0.265 e. The summed E-state index contributed by atoms with van der Waals surface area (Å²) in [5.41, 5.74) is 0.554. The number of aryl methyl sites for hydroxylation is 1. The molecule has 1 aliphatic rings. The van der Waals surface area contributed by atoms with E-state index in [1.807, 2.05) is 6.92 Å². The molecule has 5 nitrogen and oxygen atoms in total. The Morgan fingerprint density at radius 2 is 2.39 bits per heavy atom. The molecule has 1 N–H and O–H groups in total. The molecule has 0 bridgehead atoms. The van der Waals surface area contributed by atoms with Crippen LogP contribution in [0.2, 0.25) is 0 Å². The zero-order valence-corrected chi connectivity index (χ0v) is 12.3. The molecule has 100 valence electrons. The van der Waals surface area contributed by atoms with Crippen molar-refractivity contribution in [2.45, 2.75) is 26.4 Å². The van der Waals surface area contributed by atoms with Gasteiger partial charge in [0.15, 0.2) is 0 Å². The summed E-state index contributed by atoms with van der Waals surface area (Å²) in [7, 11) is 0. The Morgan fingerprint density at radius 3 is 3.06 bits per heavy atom. The minimum atomic E-state index is -0.145. The lowest BCUT2D eigenvalue weighted by Crippen LogP contribution is -2.39. The zero-order chi connectivity index (χ0) is 13.1. The maximum atomic E-state index is 11.7. The van der Waals surface area contributed by atoms with E-state index in [1.165, 1.54) is 0 Å². The number of aromatic nitrogens is 2. The van der Waals surface area contributed by atoms with Crippen molar-refractivity contribution in [3.63, 3.8) is 0 Å². The molecule has 1 aromatic heterocycles. The average molecular weight is 316 g/mol. The number of nitrogens with one attached hydrogen (secondary N) is 1. The van der Waals surface area contributed by atoms with Crippen molar-refractivity contribution in [3.8, 4) is 0 Å². The van der Waals surface area contributed by atoms with Crippen LogP contribution in [0.1, 0.15) is 31.0 Å². The number of morpholine rings is 1. The summed E-state index contributed by atoms with van der Waals surface area (Å²) in [6.07, 6.45) is 0.987. The van der Waals surface area contributed by atoms with Gasteiger partial charge in [-0.25, -0.2) is 4.98 Å². The topological polar surface area (TPSA) is 58.2 Å². The van der Waals surface area contributed by atoms with Gasteiger partial charge in [-0.15, -0.1) is 0 Å². The van der Waals surface area contributed by atoms with Gasteiger partial charge in [-0.05, 0) is 35.8 Å². The number of ether oxygens (including phenoxy) is 1. The molecule has 2 rings (SSSR count). The van der Waals surface area contributed by atoms with E-state index in [2.05, 4.69) is 37.7 Å². The monoisotopic (exact) mass is 315 g/mol. The molecule has 0 amide bonds. The number of H-pyrrole nitrogens is 1. The molecule has 2 heterocycles. The average Bonchev–Trinajstić information content (AvgIpc) is 2.36. The van der Waals surface area contributed by atoms with Gasteiger partial charge in [-0.1, -0.05) is 6.92 Å². The molecule has 1 saturated heterocycles. The first-order valence-corrected chi connectivity index (χ1v) is 7.01. The first-order valence-electron chi connectivity index (χ1n) is 6.22. The minimum absolute atomic E-state index is 0.134. The van der Waals surface area contributed by atoms with Gasteiger partial charge in [0.25, 0.3) is 5.56 Å². The molecule has 18 heavy (non-hydrogen) atoms. The fourth-order valence-electron chi connectivity index (χ4n) is 2.13. The summed E-state index contributed by atoms with van der Waals surface area (Å²) in [6, 6.07) is 0. The van der Waals surface area contributed by atoms with Gasteiger partial charge in [0, 0.05) is 13.1 Å². The molecule has 0 spiro atoms. The van der Waals surface area contributed by atoms with Gasteiger partial charge in [0.1, 0.15) is 16.4 Å². The summed E-state index contributed by atoms with van der Waals surface area (Å²) in [6.45, 7) is 7.45. The van der Waals surface area contributed by atoms with E-state index in [4.69, 9.17) is 4.74 Å². The maximum absolute atomic E-state index is 11.7. The summed E-state index contributed by atoms with van der Waals surface area (Å²) in [4.78, 5) is 21.2. The van der Waals surface area contributed by atoms with Gasteiger partial charge in [0.05, 0.1) is 12.3 Å². The Kier molecular flexibility index (Phi) is 4.53. The van der Waals surface area contributed by atoms with Crippen molar-refractivity contribution in [2.75, 3.05) is 26.2 Å². The van der Waals surface area contributed by atoms with Crippen LogP contribution in [0.5, 0.6) is 0 Å². The van der Waals surface area contributed by atoms with Crippen LogP contribution in [-0.4, -0.2) is 41.1 Å². The third-order valence-electron chi connectivity index (χ3n) is 3.04. The SMILES string of the molecule is CCCN1CCOC(c2nc(C)c(Br)c(=O)[nH]2)C1. The normalized spacial score (nSPS) is 21.2. The Hall–Kier alpha value is -0.720. The first kappa shape index (κ1) is 13.7. The lowest BCUT2D eigenvalue weighted by molar-refractivity contribution is -0.0344. The molecule has 0 radical (unpaired) electrons. The van der Waals surface area contributed by atoms with Crippen LogP contribution >= 0.6 is 15.9 Å². The Morgan fingerprint density at radius 1 is 1.61 bits per heavy atom. The van der Waals surface area contributed by atoms with E-state index < -0.39 is 0 Å². The quantitative estimate of drug-likeness (QED) is 0.921. The van der Waals surface area contributed by atoms with Crippen molar-refractivity contribution >= 4 is 15.9 Å². The number of hydrogen-bond donors (Lipinski definition) is 1. The molecule has 1 fully saturated rings. The predicted octanol–water partition coefficient (Wildman–Crippen LogP) is 1.62. The number of halogens is 1. The molecule has 1 aliphatic heterocycles. The molecular formula is C12H18BrN3O2. The molecule has 1 aromatic rings. The Labute approximate surface area is 115 Å². The highest BCUT2D eigenvalue weighted by Gasteiger charge is 2.24. The second-order valence-electron chi connectivity index (χ2n) is 4.51. The fourth-order valence-corrected chi connectivity index (χ4v) is 2.32. The van der Waals surface area contributed by atoms with E-state index in [9.17, 15) is 4.79 Å². The van der Waals surface area contributed by atoms with Gasteiger partial charge in [-0.3, -0.25) is 9.69 Å². The van der Waals surface area contributed by atoms with E-state index in [0.717, 1.165) is 26.1 Å². The van der Waals surface area contributed by atoms with E-state index in [1.54, 1.807) is 0 Å². The standard InChI is InChI=1S/C12H18BrN3O2/c1-3-4-16-5-6-18-9(7-16)11-14-8(2)10(13)12(17)15-11/h9H,3-7H2,1-2H3,(H,14,15,17). The first-order chi connectivity index (χ1) is 8.61. The zero-order valence-electron chi connectivity index (χ0n) is 10.7. The van der Waals surface area contributed by atoms with Crippen LogP contribution in [0.25, 0.3) is 0 Å². The number of rotatable bonds is 3. The van der Waals surface area contributed by atoms with Gasteiger partial charge >= 0.3 is 0 Å². The predicted molar refractivity (Wildman–Crippen MR) is 72.7 cm³/mol. The largest absolute Gasteiger partial charge is 0.368 e. The van der Waals surface area contributed by atoms with Crippen molar-refractivity contribution in [3.05, 3.63) is 26.3 Å². The van der Waals surface area contributed by atoms with Crippen molar-refractivity contribution < 1.29 is 4.74 Å². The van der Waals surface area contributed by atoms with E-state index >= 15 is 0 Å². The molecule has 1 atom stereocenters. The summed E-state index contributed by atoms with van der Waals surface area (Å²) in [5.74, 6) is 0.626. The van der Waals surface area contributed by atoms with Crippen LogP contribution in [-0.2, 0) is 4.74 Å². The number of hydrogen-bond acceptors (Lipinski definition) is 4. The fraction of sp³-hybridized carbons (Fsp3) is 0.667. The molecule has 6 heteroatoms. The Bertz CT molecular complexity index is 473. The highest BCUT2D eigenvalue weighted by Crippen LogP contribution is 2.19. The second kappa shape index (κ2) is 5.95. The van der Waals surface area contributed by atoms with Crippen LogP contribution in [0, 0.1) is 6.92 Å². The summed E-state index contributed by atoms with van der Waals surface area (Å²) in [5, 5.41) is 0. The highest BCUT2D eigenvalue weighted by molar-refractivity contribution is 9.10. The lowest BCUT2D eigenvalue weighted by Gasteiger charge is -2.32. The summed E-state index contributed by atoms with van der Waals surface area (Å²) < 4.78 is 6.19. The highest BCUT2D eigenvalue weighted by atomic mass is 79.9. The summed E-state index contributed by atoms with van der Waals surface area (Å²) >= 11 is 3.22. The molecule has 0 aromatic carbocycles. The van der Waals surface area contributed by atoms with Gasteiger partial charge < -0.3 is 9.72 Å². The van der Waals surface area contributed by atoms with Crippen molar-refractivity contribution in [1.29, 1.82) is 0 Å².